The zero-order valence-corrected chi connectivity index (χ0v) is 29.0. The molecule has 2 aromatic carbocycles. The summed E-state index contributed by atoms with van der Waals surface area (Å²) in [5, 5.41) is 16.2. The number of phenols is 1. The van der Waals surface area contributed by atoms with Crippen LogP contribution < -0.4 is 9.64 Å². The van der Waals surface area contributed by atoms with Crippen LogP contribution in [0.5, 0.6) is 11.8 Å². The first-order valence-electron chi connectivity index (χ1n) is 17.6. The monoisotopic (exact) mass is 709 g/mol. The average molecular weight is 710 g/mol. The topological polar surface area (TPSA) is 110 Å². The summed E-state index contributed by atoms with van der Waals surface area (Å²) in [6.07, 6.45) is 10.8. The molecule has 5 aromatic rings. The Morgan fingerprint density at radius 1 is 1.17 bits per heavy atom. The van der Waals surface area contributed by atoms with Crippen LogP contribution in [0.25, 0.3) is 32.9 Å². The minimum Gasteiger partial charge on any atom is -0.508 e. The van der Waals surface area contributed by atoms with Crippen LogP contribution in [0.15, 0.2) is 42.7 Å². The second-order valence-corrected chi connectivity index (χ2v) is 14.4. The number of phenolic OH excluding ortho intramolecular Hbond substituents is 1. The first-order valence-corrected chi connectivity index (χ1v) is 17.6. The summed E-state index contributed by atoms with van der Waals surface area (Å²) in [7, 11) is 0. The molecule has 0 spiro atoms. The number of alkyl halides is 1. The highest BCUT2D eigenvalue weighted by atomic mass is 19.1. The maximum Gasteiger partial charge on any atom is 0.319 e. The average Bonchev–Trinajstić information content (AvgIpc) is 3.91. The van der Waals surface area contributed by atoms with E-state index >= 15 is 8.78 Å². The second-order valence-electron chi connectivity index (χ2n) is 14.4. The zero-order valence-electron chi connectivity index (χ0n) is 29.0. The molecule has 3 saturated heterocycles. The van der Waals surface area contributed by atoms with Gasteiger partial charge in [0.1, 0.15) is 41.4 Å². The van der Waals surface area contributed by atoms with E-state index in [4.69, 9.17) is 16.1 Å². The number of pyridine rings is 1. The summed E-state index contributed by atoms with van der Waals surface area (Å²) < 4.78 is 54.3. The Morgan fingerprint density at radius 3 is 2.79 bits per heavy atom. The van der Waals surface area contributed by atoms with Crippen LogP contribution in [-0.4, -0.2) is 85.1 Å². The van der Waals surface area contributed by atoms with Gasteiger partial charge in [-0.2, -0.15) is 15.1 Å². The van der Waals surface area contributed by atoms with E-state index in [2.05, 4.69) is 25.9 Å². The number of aromatic nitrogens is 5. The number of terminal acetylenes is 1. The highest BCUT2D eigenvalue weighted by Crippen LogP contribution is 2.44. The van der Waals surface area contributed by atoms with E-state index in [1.165, 1.54) is 35.1 Å². The van der Waals surface area contributed by atoms with Crippen molar-refractivity contribution < 1.29 is 27.8 Å². The number of halogens is 3. The van der Waals surface area contributed by atoms with Gasteiger partial charge in [-0.05, 0) is 79.8 Å². The van der Waals surface area contributed by atoms with Crippen molar-refractivity contribution in [3.05, 3.63) is 65.6 Å². The van der Waals surface area contributed by atoms with Gasteiger partial charge in [-0.1, -0.05) is 13.0 Å². The number of fused-ring (bicyclic) bond motifs is 3. The number of benzene rings is 2. The molecule has 1 unspecified atom stereocenters. The minimum atomic E-state index is -0.998. The molecule has 0 aliphatic carbocycles. The highest BCUT2D eigenvalue weighted by Gasteiger charge is 2.50. The second kappa shape index (κ2) is 12.8. The van der Waals surface area contributed by atoms with Crippen LogP contribution in [0.1, 0.15) is 55.1 Å². The number of hydrogen-bond donors (Lipinski definition) is 1. The van der Waals surface area contributed by atoms with E-state index in [0.29, 0.717) is 60.2 Å². The van der Waals surface area contributed by atoms with Gasteiger partial charge in [0.25, 0.3) is 5.91 Å². The van der Waals surface area contributed by atoms with Gasteiger partial charge in [0.2, 0.25) is 0 Å². The summed E-state index contributed by atoms with van der Waals surface area (Å²) in [4.78, 5) is 31.8. The van der Waals surface area contributed by atoms with Crippen molar-refractivity contribution in [2.45, 2.75) is 64.1 Å². The van der Waals surface area contributed by atoms with Crippen molar-refractivity contribution in [3.63, 3.8) is 0 Å². The van der Waals surface area contributed by atoms with Crippen LogP contribution >= 0.6 is 0 Å². The fourth-order valence-electron chi connectivity index (χ4n) is 8.61. The van der Waals surface area contributed by atoms with Crippen molar-refractivity contribution in [1.29, 1.82) is 0 Å². The van der Waals surface area contributed by atoms with Gasteiger partial charge in [-0.3, -0.25) is 14.7 Å². The Kier molecular flexibility index (Phi) is 8.33. The molecule has 0 bridgehead atoms. The molecular weight excluding hydrogens is 671 g/mol. The van der Waals surface area contributed by atoms with Gasteiger partial charge in [-0.25, -0.2) is 17.9 Å². The van der Waals surface area contributed by atoms with Crippen molar-refractivity contribution in [2.75, 3.05) is 37.7 Å². The van der Waals surface area contributed by atoms with Crippen LogP contribution in [0.3, 0.4) is 0 Å². The van der Waals surface area contributed by atoms with Crippen LogP contribution in [0.4, 0.5) is 19.0 Å². The minimum absolute atomic E-state index is 0.102. The molecule has 0 amide bonds. The van der Waals surface area contributed by atoms with E-state index in [0.717, 1.165) is 19.4 Å². The normalized spacial score (nSPS) is 23.1. The van der Waals surface area contributed by atoms with E-state index in [-0.39, 0.29) is 59.4 Å². The summed E-state index contributed by atoms with van der Waals surface area (Å²) in [5.41, 5.74) is -0.475. The summed E-state index contributed by atoms with van der Waals surface area (Å²) in [6, 6.07) is 7.38. The molecule has 8 rings (SSSR count). The van der Waals surface area contributed by atoms with Crippen molar-refractivity contribution in [1.82, 2.24) is 29.6 Å². The third-order valence-corrected chi connectivity index (χ3v) is 11.1. The van der Waals surface area contributed by atoms with E-state index < -0.39 is 28.8 Å². The predicted octanol–water partition coefficient (Wildman–Crippen LogP) is 6.41. The molecular formula is C39H38F3N7O3. The summed E-state index contributed by atoms with van der Waals surface area (Å²) >= 11 is 0. The first kappa shape index (κ1) is 33.9. The molecule has 3 fully saturated rings. The highest BCUT2D eigenvalue weighted by molar-refractivity contribution is 6.02. The standard InChI is InChI=1S/C39H38F3N7O3/c1-4-10-38(36(51)49-14-9-23(3)46-49)12-15-47(21-38)35-29-19-43-33(28-17-26(50)16-24-7-8-30(41)27(5-2)31(24)28)32(42)34(29)44-37(45-35)52-22-39-11-6-13-48(39)20-25(40)18-39/h1,7-9,14,16-17,19,25,50H,5-6,10-13,15,18,20-22H2,2-3H3/t25-,38?,39+/m1/s1. The smallest absolute Gasteiger partial charge is 0.319 e. The third-order valence-electron chi connectivity index (χ3n) is 11.1. The summed E-state index contributed by atoms with van der Waals surface area (Å²) in [6.45, 7) is 5.35. The molecule has 3 aliphatic heterocycles. The number of ether oxygens (including phenoxy) is 1. The lowest BCUT2D eigenvalue weighted by Gasteiger charge is -2.31. The number of carbonyl (C=O) groups is 1. The lowest BCUT2D eigenvalue weighted by Crippen LogP contribution is -2.43. The molecule has 1 N–H and O–H groups in total. The van der Waals surface area contributed by atoms with E-state index in [9.17, 15) is 14.3 Å². The Labute approximate surface area is 298 Å². The first-order chi connectivity index (χ1) is 25.0. The largest absolute Gasteiger partial charge is 0.508 e. The Balaban J connectivity index is 1.26. The van der Waals surface area contributed by atoms with E-state index in [1.54, 1.807) is 26.1 Å². The summed E-state index contributed by atoms with van der Waals surface area (Å²) in [5.74, 6) is 1.33. The SMILES string of the molecule is C#CCC1(C(=O)n2ccc(C)n2)CCN(c2nc(OC[C@@]34CCCN3C[C@H](F)C4)nc3c(F)c(-c4cc(O)cc5ccc(F)c(CC)c45)ncc23)C1. The van der Waals surface area contributed by atoms with Crippen molar-refractivity contribution in [3.8, 4) is 35.4 Å². The number of anilines is 1. The molecule has 268 valence electrons. The molecule has 0 radical (unpaired) electrons. The lowest BCUT2D eigenvalue weighted by molar-refractivity contribution is 0.0711. The van der Waals surface area contributed by atoms with Gasteiger partial charge >= 0.3 is 6.01 Å². The van der Waals surface area contributed by atoms with E-state index in [1.807, 2.05) is 4.90 Å². The fourth-order valence-corrected chi connectivity index (χ4v) is 8.61. The number of carbonyl (C=O) groups excluding carboxylic acids is 1. The molecule has 6 heterocycles. The molecule has 10 nitrogen and oxygen atoms in total. The number of nitrogens with zero attached hydrogens (tertiary/aromatic N) is 7. The van der Waals surface area contributed by atoms with Gasteiger partial charge in [0.05, 0.1) is 22.0 Å². The maximum atomic E-state index is 17.1. The quantitative estimate of drug-likeness (QED) is 0.183. The van der Waals surface area contributed by atoms with Gasteiger partial charge in [-0.15, -0.1) is 12.3 Å². The molecule has 3 atom stereocenters. The Bertz CT molecular complexity index is 2290. The lowest BCUT2D eigenvalue weighted by atomic mass is 9.83. The maximum absolute atomic E-state index is 17.1. The van der Waals surface area contributed by atoms with Crippen molar-refractivity contribution >= 4 is 33.4 Å². The molecule has 52 heavy (non-hydrogen) atoms. The van der Waals surface area contributed by atoms with Crippen LogP contribution in [-0.2, 0) is 6.42 Å². The number of rotatable bonds is 8. The zero-order chi connectivity index (χ0) is 36.4. The van der Waals surface area contributed by atoms with Crippen LogP contribution in [0.2, 0.25) is 0 Å². The molecule has 3 aliphatic rings. The molecule has 3 aromatic heterocycles. The van der Waals surface area contributed by atoms with Gasteiger partial charge in [0, 0.05) is 50.4 Å². The molecule has 13 heteroatoms. The third kappa shape index (κ3) is 5.51. The molecule has 0 saturated carbocycles. The number of aryl methyl sites for hydroxylation is 2. The fraction of sp³-hybridized carbons (Fsp3) is 0.410. The van der Waals surface area contributed by atoms with Crippen molar-refractivity contribution in [2.24, 2.45) is 5.41 Å². The number of hydrogen-bond acceptors (Lipinski definition) is 9. The van der Waals surface area contributed by atoms with Crippen LogP contribution in [0, 0.1) is 36.3 Å². The Morgan fingerprint density at radius 2 is 2.02 bits per heavy atom. The van der Waals surface area contributed by atoms with Gasteiger partial charge in [0.15, 0.2) is 5.82 Å². The predicted molar refractivity (Wildman–Crippen MR) is 190 cm³/mol. The number of aromatic hydroxyl groups is 1. The van der Waals surface area contributed by atoms with Gasteiger partial charge < -0.3 is 14.7 Å². The Hall–Kier alpha value is -5.22.